The number of rotatable bonds is 5. The molecule has 4 atom stereocenters. The number of hydrogen-bond acceptors (Lipinski definition) is 11. The lowest BCUT2D eigenvalue weighted by molar-refractivity contribution is -0.144. The number of nitrogens with zero attached hydrogens (tertiary/aromatic N) is 2. The number of Topliss-reactive ketones (excluding diaryl/α,β-unsaturated/α-hetero) is 1. The molecule has 59 heavy (non-hydrogen) atoms. The lowest BCUT2D eigenvalue weighted by Gasteiger charge is -2.32. The quantitative estimate of drug-likeness (QED) is 0.129. The number of benzene rings is 3. The van der Waals surface area contributed by atoms with Crippen molar-refractivity contribution >= 4 is 28.6 Å². The minimum absolute atomic E-state index is 0.00253. The molecule has 6 aromatic rings. The minimum atomic E-state index is -1.45. The molecule has 1 saturated carbocycles. The number of phenols is 1. The fourth-order valence-corrected chi connectivity index (χ4v) is 10.6. The molecule has 1 fully saturated rings. The van der Waals surface area contributed by atoms with Crippen LogP contribution in [0.3, 0.4) is 0 Å². The summed E-state index contributed by atoms with van der Waals surface area (Å²) in [7, 11) is 1.27. The first kappa shape index (κ1) is 35.9. The molecular formula is C46H42N4O9. The zero-order chi connectivity index (χ0) is 40.5. The van der Waals surface area contributed by atoms with E-state index in [4.69, 9.17) is 28.3 Å². The lowest BCUT2D eigenvalue weighted by atomic mass is 9.71. The van der Waals surface area contributed by atoms with Gasteiger partial charge in [-0.3, -0.25) is 9.59 Å². The molecule has 1 amide bonds. The summed E-state index contributed by atoms with van der Waals surface area (Å²) in [4.78, 5) is 55.1. The summed E-state index contributed by atoms with van der Waals surface area (Å²) in [6.07, 6.45) is 5.02. The monoisotopic (exact) mass is 794 g/mol. The van der Waals surface area contributed by atoms with Gasteiger partial charge in [0, 0.05) is 41.5 Å². The maximum atomic E-state index is 14.5. The van der Waals surface area contributed by atoms with Crippen LogP contribution in [0.15, 0.2) is 63.6 Å². The van der Waals surface area contributed by atoms with Gasteiger partial charge in [-0.1, -0.05) is 63.4 Å². The second-order valence-electron chi connectivity index (χ2n) is 17.1. The molecule has 4 N–H and O–H groups in total. The summed E-state index contributed by atoms with van der Waals surface area (Å²) >= 11 is 0. The van der Waals surface area contributed by atoms with Crippen LogP contribution >= 0.6 is 0 Å². The fraction of sp³-hybridized carbons (Fsp3) is 0.370. The van der Waals surface area contributed by atoms with Crippen molar-refractivity contribution < 1.29 is 42.9 Å². The molecule has 2 aliphatic carbocycles. The fourth-order valence-electron chi connectivity index (χ4n) is 10.6. The van der Waals surface area contributed by atoms with Crippen LogP contribution in [-0.4, -0.2) is 61.6 Å². The summed E-state index contributed by atoms with van der Waals surface area (Å²) in [6.45, 7) is 3.90. The van der Waals surface area contributed by atoms with Gasteiger partial charge in [-0.05, 0) is 71.2 Å². The third-order valence-electron chi connectivity index (χ3n) is 13.5. The summed E-state index contributed by atoms with van der Waals surface area (Å²) in [5.74, 6) is -1.06. The number of nitrogens with one attached hydrogen (secondary N) is 2. The Labute approximate surface area is 338 Å². The third kappa shape index (κ3) is 4.97. The highest BCUT2D eigenvalue weighted by Gasteiger charge is 2.61. The van der Waals surface area contributed by atoms with Gasteiger partial charge < -0.3 is 38.8 Å². The second-order valence-corrected chi connectivity index (χ2v) is 17.1. The summed E-state index contributed by atoms with van der Waals surface area (Å²) in [6, 6.07) is 14.8. The number of aromatic nitrogens is 3. The molecule has 10 bridgehead atoms. The van der Waals surface area contributed by atoms with Gasteiger partial charge in [-0.2, -0.15) is 4.98 Å². The van der Waals surface area contributed by atoms with Crippen LogP contribution in [0.25, 0.3) is 44.9 Å². The Balaban J connectivity index is 1.21. The van der Waals surface area contributed by atoms with Gasteiger partial charge in [0.1, 0.15) is 34.7 Å². The first-order valence-electron chi connectivity index (χ1n) is 20.4. The Morgan fingerprint density at radius 1 is 0.983 bits per heavy atom. The number of amides is 1. The number of aliphatic hydroxyl groups is 1. The van der Waals surface area contributed by atoms with Crippen molar-refractivity contribution in [3.8, 4) is 45.5 Å². The molecule has 6 heterocycles. The number of carbonyl (C=O) groups is 3. The van der Waals surface area contributed by atoms with Crippen molar-refractivity contribution in [2.45, 2.75) is 88.4 Å². The Bertz CT molecular complexity index is 2790. The Morgan fingerprint density at radius 3 is 2.61 bits per heavy atom. The SMILES string of the molecule is COC(=O)c1nc2oc1-c1c[nH]c3c(O)ccc(c13)-c1cccc3c1C[C@H]1Oc4ccc5cc4C31c1oc(nc1-2)[C@H](C(C)C)NC(=O)[C@@H](CC(=O)C1(O)CCCCC1)C5. The highest BCUT2D eigenvalue weighted by molar-refractivity contribution is 6.10. The van der Waals surface area contributed by atoms with E-state index in [1.54, 1.807) is 12.3 Å². The maximum Gasteiger partial charge on any atom is 0.360 e. The Hall–Kier alpha value is -6.21. The number of H-pyrrole nitrogens is 1. The predicted octanol–water partition coefficient (Wildman–Crippen LogP) is 7.24. The van der Waals surface area contributed by atoms with Crippen LogP contribution in [0.1, 0.15) is 103 Å². The average Bonchev–Trinajstić information content (AvgIpc) is 4.06. The smallest absolute Gasteiger partial charge is 0.360 e. The van der Waals surface area contributed by atoms with E-state index in [0.29, 0.717) is 47.2 Å². The van der Waals surface area contributed by atoms with E-state index >= 15 is 0 Å². The molecular weight excluding hydrogens is 753 g/mol. The van der Waals surface area contributed by atoms with Crippen LogP contribution in [0, 0.1) is 11.8 Å². The number of fused-ring (bicyclic) bond motifs is 7. The van der Waals surface area contributed by atoms with Gasteiger partial charge >= 0.3 is 5.97 Å². The normalized spacial score (nSPS) is 23.2. The van der Waals surface area contributed by atoms with Gasteiger partial charge in [0.2, 0.25) is 17.7 Å². The molecule has 13 nitrogen and oxygen atoms in total. The molecule has 11 rings (SSSR count). The highest BCUT2D eigenvalue weighted by atomic mass is 16.5. The van der Waals surface area contributed by atoms with E-state index in [0.717, 1.165) is 52.6 Å². The molecule has 13 heteroatoms. The zero-order valence-electron chi connectivity index (χ0n) is 32.8. The molecule has 3 aliphatic heterocycles. The van der Waals surface area contributed by atoms with Crippen LogP contribution < -0.4 is 10.1 Å². The van der Waals surface area contributed by atoms with E-state index in [1.165, 1.54) is 7.11 Å². The zero-order valence-corrected chi connectivity index (χ0v) is 32.8. The summed E-state index contributed by atoms with van der Waals surface area (Å²) < 4.78 is 25.9. The van der Waals surface area contributed by atoms with Crippen LogP contribution in [0.4, 0.5) is 0 Å². The summed E-state index contributed by atoms with van der Waals surface area (Å²) in [5, 5.41) is 26.4. The molecule has 3 aromatic heterocycles. The Kier molecular flexibility index (Phi) is 7.70. The van der Waals surface area contributed by atoms with Crippen molar-refractivity contribution in [2.24, 2.45) is 11.8 Å². The van der Waals surface area contributed by atoms with E-state index in [-0.39, 0.29) is 65.1 Å². The molecule has 5 aliphatic rings. The number of hydrogen-bond donors (Lipinski definition) is 4. The van der Waals surface area contributed by atoms with E-state index in [2.05, 4.69) is 16.4 Å². The third-order valence-corrected chi connectivity index (χ3v) is 13.5. The molecule has 300 valence electrons. The maximum absolute atomic E-state index is 14.5. The van der Waals surface area contributed by atoms with E-state index < -0.39 is 35.0 Å². The van der Waals surface area contributed by atoms with Crippen molar-refractivity contribution in [2.75, 3.05) is 7.11 Å². The van der Waals surface area contributed by atoms with E-state index in [1.807, 2.05) is 50.2 Å². The van der Waals surface area contributed by atoms with Crippen molar-refractivity contribution in [3.05, 3.63) is 94.3 Å². The molecule has 0 saturated heterocycles. The number of esters is 1. The molecule has 1 spiro atoms. The van der Waals surface area contributed by atoms with Crippen molar-refractivity contribution in [1.29, 1.82) is 0 Å². The summed E-state index contributed by atoms with van der Waals surface area (Å²) in [5.41, 5.74) is 3.78. The predicted molar refractivity (Wildman–Crippen MR) is 213 cm³/mol. The second kappa shape index (κ2) is 12.6. The topological polar surface area (TPSA) is 190 Å². The van der Waals surface area contributed by atoms with Crippen molar-refractivity contribution in [3.63, 3.8) is 0 Å². The van der Waals surface area contributed by atoms with Crippen molar-refractivity contribution in [1.82, 2.24) is 20.3 Å². The van der Waals surface area contributed by atoms with Gasteiger partial charge in [-0.25, -0.2) is 9.78 Å². The number of ketones is 1. The van der Waals surface area contributed by atoms with Crippen LogP contribution in [0.5, 0.6) is 11.5 Å². The first-order chi connectivity index (χ1) is 28.5. The highest BCUT2D eigenvalue weighted by Crippen LogP contribution is 2.61. The standard InChI is InChI=1S/C46H42N4O9/c1-21(2)35-42-50-38-40(59-42)46-28-9-7-8-24(25-11-12-30(51)36-34(25)27(20-47-36)39-37(44(54)56-3)49-43(38)58-39)26(28)19-33(46)57-31-13-10-22(17-29(31)46)16-23(41(53)48-35)18-32(52)45(55)14-5-4-6-15-45/h7-13,17,20-21,23,33,35,47,51,55H,4-6,14-16,18-19H2,1-3H3,(H,48,53)/t23-,33-,35+,46?/m1/s1. The minimum Gasteiger partial charge on any atom is -0.506 e. The van der Waals surface area contributed by atoms with Gasteiger partial charge in [0.15, 0.2) is 28.7 Å². The van der Waals surface area contributed by atoms with Gasteiger partial charge in [0.25, 0.3) is 0 Å². The number of oxazole rings is 2. The van der Waals surface area contributed by atoms with Gasteiger partial charge in [-0.15, -0.1) is 0 Å². The number of phenolic OH excluding ortho intramolecular Hbond substituents is 1. The number of aromatic amines is 1. The average molecular weight is 795 g/mol. The van der Waals surface area contributed by atoms with E-state index in [9.17, 15) is 24.6 Å². The molecule has 0 radical (unpaired) electrons. The Morgan fingerprint density at radius 2 is 1.81 bits per heavy atom. The first-order valence-corrected chi connectivity index (χ1v) is 20.4. The molecule has 3 aromatic carbocycles. The number of carbonyl (C=O) groups excluding carboxylic acids is 3. The van der Waals surface area contributed by atoms with Crippen LogP contribution in [-0.2, 0) is 32.6 Å². The largest absolute Gasteiger partial charge is 0.506 e. The van der Waals surface area contributed by atoms with Gasteiger partial charge in [0.05, 0.1) is 12.6 Å². The number of ether oxygens (including phenoxy) is 2. The number of methoxy groups -OCH3 is 1. The van der Waals surface area contributed by atoms with Crippen LogP contribution in [0.2, 0.25) is 0 Å². The molecule has 1 unspecified atom stereocenters. The lowest BCUT2D eigenvalue weighted by Crippen LogP contribution is -2.44. The number of aromatic hydroxyl groups is 1.